The number of hydrogen-bond donors (Lipinski definition) is 3. The quantitative estimate of drug-likeness (QED) is 0.153. The Kier molecular flexibility index (Phi) is 18.1. The summed E-state index contributed by atoms with van der Waals surface area (Å²) < 4.78 is 43.9. The van der Waals surface area contributed by atoms with E-state index in [0.717, 1.165) is 0 Å². The van der Waals surface area contributed by atoms with Crippen molar-refractivity contribution in [3.05, 3.63) is 0 Å². The molecule has 0 spiro atoms. The molecule has 0 aromatic heterocycles. The second-order valence-electron chi connectivity index (χ2n) is 16.3. The normalized spacial score (nSPS) is 34.3. The van der Waals surface area contributed by atoms with Crippen molar-refractivity contribution in [3.63, 3.8) is 0 Å². The molecule has 0 amide bonds. The molecule has 0 bridgehead atoms. The van der Waals surface area contributed by atoms with Gasteiger partial charge in [0.25, 0.3) is 0 Å². The van der Waals surface area contributed by atoms with E-state index in [4.69, 9.17) is 33.2 Å². The van der Waals surface area contributed by atoms with Crippen LogP contribution in [0.1, 0.15) is 108 Å². The van der Waals surface area contributed by atoms with Gasteiger partial charge in [-0.3, -0.25) is 9.59 Å². The highest BCUT2D eigenvalue weighted by Crippen LogP contribution is 2.41. The first-order valence-electron chi connectivity index (χ1n) is 19.3. The molecule has 2 heterocycles. The van der Waals surface area contributed by atoms with Gasteiger partial charge >= 0.3 is 5.97 Å². The minimum absolute atomic E-state index is 0.112. The highest BCUT2D eigenvalue weighted by atomic mass is 16.7. The van der Waals surface area contributed by atoms with E-state index in [9.17, 15) is 24.9 Å². The van der Waals surface area contributed by atoms with Gasteiger partial charge in [-0.1, -0.05) is 34.6 Å². The minimum Gasteiger partial charge on any atom is -0.462 e. The van der Waals surface area contributed by atoms with Crippen molar-refractivity contribution < 1.29 is 58.1 Å². The fourth-order valence-electron chi connectivity index (χ4n) is 7.80. The summed E-state index contributed by atoms with van der Waals surface area (Å²) in [5, 5.41) is 33.0. The molecule has 52 heavy (non-hydrogen) atoms. The van der Waals surface area contributed by atoms with Crippen LogP contribution in [0.3, 0.4) is 0 Å². The van der Waals surface area contributed by atoms with E-state index in [1.807, 2.05) is 67.5 Å². The molecule has 2 aliphatic rings. The summed E-state index contributed by atoms with van der Waals surface area (Å²) in [6.45, 7) is 20.1. The summed E-state index contributed by atoms with van der Waals surface area (Å²) >= 11 is 0. The van der Waals surface area contributed by atoms with Gasteiger partial charge in [0.2, 0.25) is 0 Å². The zero-order chi connectivity index (χ0) is 39.9. The molecule has 17 atom stereocenters. The Morgan fingerprint density at radius 1 is 0.981 bits per heavy atom. The van der Waals surface area contributed by atoms with Gasteiger partial charge in [0, 0.05) is 44.4 Å². The number of hydrogen-bond acceptors (Lipinski definition) is 13. The van der Waals surface area contributed by atoms with E-state index < -0.39 is 90.0 Å². The molecule has 13 nitrogen and oxygen atoms in total. The average molecular weight is 748 g/mol. The van der Waals surface area contributed by atoms with Crippen LogP contribution in [0.2, 0.25) is 0 Å². The Hall–Kier alpha value is -1.26. The summed E-state index contributed by atoms with van der Waals surface area (Å²) in [6, 6.07) is -0.262. The number of carbonyl (C=O) groups is 2. The van der Waals surface area contributed by atoms with Crippen molar-refractivity contribution in [3.8, 4) is 0 Å². The third kappa shape index (κ3) is 11.4. The van der Waals surface area contributed by atoms with Gasteiger partial charge in [-0.05, 0) is 81.3 Å². The molecule has 9 unspecified atom stereocenters. The summed E-state index contributed by atoms with van der Waals surface area (Å²) in [7, 11) is 6.86. The van der Waals surface area contributed by atoms with Gasteiger partial charge < -0.3 is 53.4 Å². The highest BCUT2D eigenvalue weighted by Gasteiger charge is 2.52. The number of Topliss-reactive ketones (excluding diaryl/α,β-unsaturated/α-hetero) is 1. The van der Waals surface area contributed by atoms with Crippen molar-refractivity contribution in [2.45, 2.75) is 187 Å². The first kappa shape index (κ1) is 46.9. The fourth-order valence-corrected chi connectivity index (χ4v) is 7.80. The van der Waals surface area contributed by atoms with Gasteiger partial charge in [-0.25, -0.2) is 0 Å². The summed E-state index contributed by atoms with van der Waals surface area (Å²) in [4.78, 5) is 29.3. The van der Waals surface area contributed by atoms with Gasteiger partial charge in [-0.2, -0.15) is 0 Å². The molecular weight excluding hydrogens is 674 g/mol. The molecule has 2 fully saturated rings. The van der Waals surface area contributed by atoms with E-state index in [1.165, 1.54) is 7.11 Å². The van der Waals surface area contributed by atoms with Crippen molar-refractivity contribution in [2.24, 2.45) is 23.7 Å². The van der Waals surface area contributed by atoms with Crippen LogP contribution in [0.5, 0.6) is 0 Å². The lowest BCUT2D eigenvalue weighted by Gasteiger charge is -2.49. The number of rotatable bonds is 20. The van der Waals surface area contributed by atoms with Crippen LogP contribution in [-0.2, 0) is 42.7 Å². The van der Waals surface area contributed by atoms with E-state index in [0.29, 0.717) is 19.3 Å². The number of carbonyl (C=O) groups excluding carboxylic acids is 2. The monoisotopic (exact) mass is 748 g/mol. The van der Waals surface area contributed by atoms with E-state index in [-0.39, 0.29) is 36.9 Å². The Labute approximate surface area is 313 Å². The molecule has 0 aromatic rings. The van der Waals surface area contributed by atoms with Crippen LogP contribution in [0.4, 0.5) is 0 Å². The number of aliphatic hydroxyl groups excluding tert-OH is 3. The molecule has 0 aromatic carbocycles. The molecule has 0 saturated carbocycles. The van der Waals surface area contributed by atoms with Gasteiger partial charge in [0.1, 0.15) is 18.0 Å². The summed E-state index contributed by atoms with van der Waals surface area (Å²) in [6.07, 6.45) is -5.70. The predicted molar refractivity (Wildman–Crippen MR) is 196 cm³/mol. The van der Waals surface area contributed by atoms with Crippen molar-refractivity contribution in [1.29, 1.82) is 0 Å². The number of ketones is 1. The number of nitrogens with zero attached hydrogens (tertiary/aromatic N) is 1. The van der Waals surface area contributed by atoms with E-state index >= 15 is 0 Å². The fraction of sp³-hybridized carbons (Fsp3) is 0.949. The van der Waals surface area contributed by atoms with Crippen LogP contribution in [0.25, 0.3) is 0 Å². The zero-order valence-electron chi connectivity index (χ0n) is 34.7. The second kappa shape index (κ2) is 20.1. The van der Waals surface area contributed by atoms with Gasteiger partial charge in [0.05, 0.1) is 53.7 Å². The Balaban J connectivity index is 2.70. The SMILES string of the molecule is CCC(C)OC(=O)[C@H](C)[C@@H](OC1CC(C)(OC)C(O)C(C)O1)[C@H](C)[C@@H](OC1OC(C)CC(N(C)C)C1O)[C@@](C)(C[C@@H](C)C(=O)[C@H](C)[C@@H](O)CC)OC. The standard InChI is InChI=1S/C39H73NO12/c1-16-22(4)48-36(45)26(8)33(51-30-20-38(10,46-14)34(44)27(9)50-30)25(7)35(52-37-32(43)28(40(12)13)18-23(5)49-37)39(11,47-15)19-21(3)31(42)24(6)29(41)17-2/h21-30,32-35,37,41,43-44H,16-20H2,1-15H3/t21-,22?,23?,24-,25+,26-,27?,28?,29+,30?,32?,33+,34?,35-,37?,38?,39-/m1/s1. The maximum absolute atomic E-state index is 13.8. The van der Waals surface area contributed by atoms with Crippen molar-refractivity contribution in [2.75, 3.05) is 28.3 Å². The van der Waals surface area contributed by atoms with Crippen LogP contribution < -0.4 is 0 Å². The molecule has 0 aliphatic carbocycles. The maximum atomic E-state index is 13.8. The molecular formula is C39H73NO12. The number of ether oxygens (including phenoxy) is 7. The lowest BCUT2D eigenvalue weighted by molar-refractivity contribution is -0.319. The Bertz CT molecular complexity index is 1110. The molecule has 0 radical (unpaired) electrons. The molecule has 2 aliphatic heterocycles. The van der Waals surface area contributed by atoms with Crippen molar-refractivity contribution in [1.82, 2.24) is 4.90 Å². The molecule has 2 saturated heterocycles. The first-order valence-corrected chi connectivity index (χ1v) is 19.3. The van der Waals surface area contributed by atoms with E-state index in [1.54, 1.807) is 34.8 Å². The maximum Gasteiger partial charge on any atom is 0.311 e. The van der Waals surface area contributed by atoms with Crippen LogP contribution in [0.15, 0.2) is 0 Å². The number of likely N-dealkylation sites (N-methyl/N-ethyl adjacent to an activating group) is 1. The Morgan fingerprint density at radius 3 is 2.12 bits per heavy atom. The topological polar surface area (TPSA) is 163 Å². The minimum atomic E-state index is -1.19. The van der Waals surface area contributed by atoms with Crippen molar-refractivity contribution >= 4 is 11.8 Å². The number of esters is 1. The lowest BCUT2D eigenvalue weighted by atomic mass is 9.75. The van der Waals surface area contributed by atoms with Gasteiger partial charge in [0.15, 0.2) is 12.6 Å². The zero-order valence-corrected chi connectivity index (χ0v) is 34.7. The molecule has 306 valence electrons. The first-order chi connectivity index (χ1) is 24.1. The van der Waals surface area contributed by atoms with E-state index in [2.05, 4.69) is 0 Å². The Morgan fingerprint density at radius 2 is 1.60 bits per heavy atom. The number of methoxy groups -OCH3 is 2. The molecule has 13 heteroatoms. The third-order valence-electron chi connectivity index (χ3n) is 11.8. The smallest absolute Gasteiger partial charge is 0.311 e. The largest absolute Gasteiger partial charge is 0.462 e. The molecule has 3 N–H and O–H groups in total. The highest BCUT2D eigenvalue weighted by molar-refractivity contribution is 5.83. The summed E-state index contributed by atoms with van der Waals surface area (Å²) in [5.74, 6) is -3.21. The number of aliphatic hydroxyl groups is 3. The lowest BCUT2D eigenvalue weighted by Crippen LogP contribution is -2.61. The van der Waals surface area contributed by atoms with Crippen LogP contribution >= 0.6 is 0 Å². The second-order valence-corrected chi connectivity index (χ2v) is 16.3. The predicted octanol–water partition coefficient (Wildman–Crippen LogP) is 4.11. The summed E-state index contributed by atoms with van der Waals surface area (Å²) in [5.41, 5.74) is -2.18. The van der Waals surface area contributed by atoms with Crippen LogP contribution in [-0.4, -0.2) is 139 Å². The van der Waals surface area contributed by atoms with Crippen LogP contribution in [0, 0.1) is 23.7 Å². The molecule has 2 rings (SSSR count). The average Bonchev–Trinajstić information content (AvgIpc) is 3.10. The van der Waals surface area contributed by atoms with Gasteiger partial charge in [-0.15, -0.1) is 0 Å². The third-order valence-corrected chi connectivity index (χ3v) is 11.8.